The summed E-state index contributed by atoms with van der Waals surface area (Å²) in [6, 6.07) is 52.3. The number of ether oxygens (including phenoxy) is 2. The molecule has 0 aliphatic rings. The van der Waals surface area contributed by atoms with Crippen molar-refractivity contribution in [2.75, 3.05) is 0 Å². The Bertz CT molecular complexity index is 3210. The zero-order valence-corrected chi connectivity index (χ0v) is 40.1. The topological polar surface area (TPSA) is 18.5 Å². The summed E-state index contributed by atoms with van der Waals surface area (Å²) in [5, 5.41) is 3.53. The molecule has 0 saturated carbocycles. The highest BCUT2D eigenvalue weighted by atomic mass is 19.4. The molecular weight excluding hydrogens is 948 g/mol. The van der Waals surface area contributed by atoms with E-state index in [2.05, 4.69) is 102 Å². The van der Waals surface area contributed by atoms with Gasteiger partial charge in [-0.15, -0.1) is 32.9 Å². The summed E-state index contributed by atoms with van der Waals surface area (Å²) < 4.78 is 126. The molecule has 0 bridgehead atoms. The van der Waals surface area contributed by atoms with Crippen molar-refractivity contribution in [2.45, 2.75) is 77.4 Å². The Kier molecular flexibility index (Phi) is 18.1. The van der Waals surface area contributed by atoms with Gasteiger partial charge >= 0.3 is 12.7 Å². The number of halogens is 9. The van der Waals surface area contributed by atoms with Crippen LogP contribution in [-0.2, 0) is 19.3 Å². The minimum atomic E-state index is -4.98. The van der Waals surface area contributed by atoms with E-state index < -0.39 is 35.9 Å². The van der Waals surface area contributed by atoms with Crippen LogP contribution in [0.2, 0.25) is 0 Å². The molecule has 0 spiro atoms. The molecule has 9 rings (SSSR count). The lowest BCUT2D eigenvalue weighted by Gasteiger charge is -2.15. The molecule has 0 unspecified atom stereocenters. The van der Waals surface area contributed by atoms with E-state index >= 15 is 0 Å². The molecule has 2 nitrogen and oxygen atoms in total. The van der Waals surface area contributed by atoms with E-state index in [4.69, 9.17) is 0 Å². The fraction of sp³-hybridized carbons (Fsp3) is 0.194. The van der Waals surface area contributed by atoms with Crippen molar-refractivity contribution in [1.82, 2.24) is 0 Å². The van der Waals surface area contributed by atoms with E-state index in [1.54, 1.807) is 24.3 Å². The first-order valence-electron chi connectivity index (χ1n) is 24.0. The lowest BCUT2D eigenvalue weighted by atomic mass is 9.91. The van der Waals surface area contributed by atoms with Crippen molar-refractivity contribution in [2.24, 2.45) is 0 Å². The standard InChI is InChI=1S/C28H22F4O.C24H23F5O.C10H8/c1-2-3-7-20-10-13-24(23(17-20)16-19-8-5-4-6-9-19)21-11-14-25-22(18-21)12-15-26(27(25)29)33-28(30,31)32;1-2-3-4-5-6-7-16-8-11-19(21(25)14-16)17-9-12-20-18(15-17)10-13-22(23(20)26)30-24(27,28)29;1-2-6-10-8-4-3-7-9(10)5-1/h2,4-6,8-15,17-18H,1,3,7,16H2;8-15H,2-7H2,1H3;1-8H. The molecule has 0 heterocycles. The van der Waals surface area contributed by atoms with Gasteiger partial charge in [0.15, 0.2) is 23.1 Å². The zero-order chi connectivity index (χ0) is 52.0. The van der Waals surface area contributed by atoms with Crippen molar-refractivity contribution in [1.29, 1.82) is 0 Å². The number of fused-ring (bicyclic) bond motifs is 3. The first kappa shape index (κ1) is 53.3. The van der Waals surface area contributed by atoms with Crippen LogP contribution >= 0.6 is 0 Å². The smallest absolute Gasteiger partial charge is 0.403 e. The minimum Gasteiger partial charge on any atom is -0.403 e. The van der Waals surface area contributed by atoms with Crippen LogP contribution in [0.15, 0.2) is 189 Å². The maximum atomic E-state index is 14.7. The third kappa shape index (κ3) is 15.0. The van der Waals surface area contributed by atoms with Crippen molar-refractivity contribution in [3.05, 3.63) is 228 Å². The Labute approximate surface area is 419 Å². The maximum Gasteiger partial charge on any atom is 0.573 e. The summed E-state index contributed by atoms with van der Waals surface area (Å²) in [6.07, 6.45) is 0.954. The summed E-state index contributed by atoms with van der Waals surface area (Å²) >= 11 is 0. The Morgan fingerprint density at radius 3 is 1.45 bits per heavy atom. The second kappa shape index (κ2) is 24.7. The normalized spacial score (nSPS) is 11.4. The van der Waals surface area contributed by atoms with Crippen LogP contribution in [0, 0.1) is 17.5 Å². The molecule has 0 aliphatic carbocycles. The summed E-state index contributed by atoms with van der Waals surface area (Å²) in [5.41, 5.74) is 7.17. The molecule has 0 saturated heterocycles. The van der Waals surface area contributed by atoms with Crippen LogP contribution in [-0.4, -0.2) is 12.7 Å². The average Bonchev–Trinajstić information content (AvgIpc) is 3.37. The lowest BCUT2D eigenvalue weighted by molar-refractivity contribution is -0.276. The van der Waals surface area contributed by atoms with Crippen LogP contribution in [0.1, 0.15) is 67.7 Å². The molecule has 73 heavy (non-hydrogen) atoms. The van der Waals surface area contributed by atoms with E-state index in [9.17, 15) is 39.5 Å². The van der Waals surface area contributed by atoms with Gasteiger partial charge in [-0.2, -0.15) is 0 Å². The fourth-order valence-electron chi connectivity index (χ4n) is 8.61. The maximum absolute atomic E-state index is 14.7. The van der Waals surface area contributed by atoms with Gasteiger partial charge in [-0.25, -0.2) is 13.2 Å². The minimum absolute atomic E-state index is 0.0235. The molecule has 0 aliphatic heterocycles. The quantitative estimate of drug-likeness (QED) is 0.0579. The molecule has 0 amide bonds. The van der Waals surface area contributed by atoms with Gasteiger partial charge in [0.25, 0.3) is 0 Å². The van der Waals surface area contributed by atoms with Crippen molar-refractivity contribution >= 4 is 32.3 Å². The number of allylic oxidation sites excluding steroid dienone is 1. The zero-order valence-electron chi connectivity index (χ0n) is 40.1. The number of benzene rings is 9. The fourth-order valence-corrected chi connectivity index (χ4v) is 8.61. The number of rotatable bonds is 15. The van der Waals surface area contributed by atoms with Gasteiger partial charge in [0.2, 0.25) is 0 Å². The van der Waals surface area contributed by atoms with Gasteiger partial charge in [0.05, 0.1) is 0 Å². The molecule has 0 atom stereocenters. The number of alkyl halides is 6. The predicted octanol–water partition coefficient (Wildman–Crippen LogP) is 19.3. The van der Waals surface area contributed by atoms with E-state index in [0.717, 1.165) is 72.9 Å². The number of unbranched alkanes of at least 4 members (excludes halogenated alkanes) is 4. The van der Waals surface area contributed by atoms with Crippen LogP contribution in [0.25, 0.3) is 54.6 Å². The largest absolute Gasteiger partial charge is 0.573 e. The first-order chi connectivity index (χ1) is 35.1. The van der Waals surface area contributed by atoms with Crippen molar-refractivity contribution in [3.8, 4) is 33.8 Å². The molecule has 0 aromatic heterocycles. The Morgan fingerprint density at radius 1 is 0.452 bits per heavy atom. The first-order valence-corrected chi connectivity index (χ1v) is 24.0. The number of hydrogen-bond acceptors (Lipinski definition) is 2. The molecular formula is C62H53F9O2. The van der Waals surface area contributed by atoms with Crippen LogP contribution in [0.5, 0.6) is 11.5 Å². The van der Waals surface area contributed by atoms with E-state index in [-0.39, 0.29) is 16.6 Å². The molecule has 9 aromatic carbocycles. The predicted molar refractivity (Wildman–Crippen MR) is 276 cm³/mol. The Morgan fingerprint density at radius 2 is 0.945 bits per heavy atom. The van der Waals surface area contributed by atoms with E-state index in [0.29, 0.717) is 21.9 Å². The number of hydrogen-bond donors (Lipinski definition) is 0. The van der Waals surface area contributed by atoms with Crippen molar-refractivity contribution < 1.29 is 49.0 Å². The lowest BCUT2D eigenvalue weighted by Crippen LogP contribution is -2.18. The second-order valence-electron chi connectivity index (χ2n) is 17.5. The highest BCUT2D eigenvalue weighted by Gasteiger charge is 2.33. The molecule has 0 N–H and O–H groups in total. The second-order valence-corrected chi connectivity index (χ2v) is 17.5. The molecule has 11 heteroatoms. The van der Waals surface area contributed by atoms with Gasteiger partial charge in [-0.1, -0.05) is 184 Å². The third-order valence-corrected chi connectivity index (χ3v) is 12.2. The molecule has 0 radical (unpaired) electrons. The monoisotopic (exact) mass is 1000 g/mol. The van der Waals surface area contributed by atoms with E-state index in [1.807, 2.05) is 30.3 Å². The van der Waals surface area contributed by atoms with Gasteiger partial charge in [0.1, 0.15) is 5.82 Å². The van der Waals surface area contributed by atoms with Gasteiger partial charge < -0.3 is 9.47 Å². The van der Waals surface area contributed by atoms with Gasteiger partial charge in [-0.3, -0.25) is 0 Å². The molecule has 9 aromatic rings. The van der Waals surface area contributed by atoms with Crippen LogP contribution in [0.4, 0.5) is 39.5 Å². The Hall–Kier alpha value is -7.53. The van der Waals surface area contributed by atoms with Gasteiger partial charge in [-0.05, 0) is 123 Å². The highest BCUT2D eigenvalue weighted by Crippen LogP contribution is 2.36. The summed E-state index contributed by atoms with van der Waals surface area (Å²) in [6.45, 7) is 5.95. The SMILES string of the molecule is C=CCCc1ccc(-c2ccc3c(F)c(OC(F)(F)F)ccc3c2)c(Cc2ccccc2)c1.CCCCCCCc1ccc(-c2ccc3c(F)c(OC(F)(F)F)ccc3c2)c(F)c1.c1ccc2ccccc2c1. The summed E-state index contributed by atoms with van der Waals surface area (Å²) in [7, 11) is 0. The third-order valence-electron chi connectivity index (χ3n) is 12.2. The number of aryl methyl sites for hydroxylation is 2. The van der Waals surface area contributed by atoms with E-state index in [1.165, 1.54) is 77.6 Å². The van der Waals surface area contributed by atoms with Crippen LogP contribution < -0.4 is 9.47 Å². The van der Waals surface area contributed by atoms with Crippen LogP contribution in [0.3, 0.4) is 0 Å². The summed E-state index contributed by atoms with van der Waals surface area (Å²) in [5.74, 6) is -4.23. The summed E-state index contributed by atoms with van der Waals surface area (Å²) in [4.78, 5) is 0. The Balaban J connectivity index is 0.000000180. The highest BCUT2D eigenvalue weighted by molar-refractivity contribution is 5.90. The average molecular weight is 1000 g/mol. The van der Waals surface area contributed by atoms with Crippen molar-refractivity contribution in [3.63, 3.8) is 0 Å². The molecule has 376 valence electrons. The molecule has 0 fully saturated rings. The van der Waals surface area contributed by atoms with Gasteiger partial charge in [0, 0.05) is 16.3 Å².